The summed E-state index contributed by atoms with van der Waals surface area (Å²) in [5.41, 5.74) is 1.75. The molecule has 2 aromatic rings. The van der Waals surface area contributed by atoms with Crippen LogP contribution in [-0.2, 0) is 17.8 Å². The van der Waals surface area contributed by atoms with Gasteiger partial charge in [0.05, 0.1) is 18.6 Å². The lowest BCUT2D eigenvalue weighted by Crippen LogP contribution is -2.36. The molecule has 0 saturated carbocycles. The minimum atomic E-state index is -0.267. The van der Waals surface area contributed by atoms with Gasteiger partial charge in [0.2, 0.25) is 5.91 Å². The fourth-order valence-corrected chi connectivity index (χ4v) is 2.29. The van der Waals surface area contributed by atoms with Crippen molar-refractivity contribution in [3.05, 3.63) is 53.9 Å². The van der Waals surface area contributed by atoms with Gasteiger partial charge in [0.1, 0.15) is 5.82 Å². The maximum Gasteiger partial charge on any atom is 0.223 e. The third-order valence-corrected chi connectivity index (χ3v) is 3.60. The molecule has 124 valence electrons. The number of aromatic amines is 1. The minimum Gasteiger partial charge on any atom is -0.347 e. The number of amides is 1. The van der Waals surface area contributed by atoms with Crippen molar-refractivity contribution >= 4 is 5.91 Å². The first-order valence-electron chi connectivity index (χ1n) is 7.69. The molecule has 1 amide bonds. The largest absolute Gasteiger partial charge is 0.347 e. The molecule has 0 fully saturated rings. The van der Waals surface area contributed by atoms with E-state index in [0.29, 0.717) is 25.9 Å². The topological polar surface area (TPSA) is 52.2 Å². The van der Waals surface area contributed by atoms with Gasteiger partial charge < -0.3 is 14.8 Å². The monoisotopic (exact) mass is 318 g/mol. The van der Waals surface area contributed by atoms with Gasteiger partial charge in [-0.15, -0.1) is 0 Å². The number of halogens is 1. The number of aromatic nitrogens is 2. The second-order valence-electron chi connectivity index (χ2n) is 5.83. The molecule has 0 aliphatic heterocycles. The first kappa shape index (κ1) is 17.1. The van der Waals surface area contributed by atoms with Gasteiger partial charge >= 0.3 is 0 Å². The number of hydrogen-bond acceptors (Lipinski definition) is 3. The Bertz CT molecular complexity index is 613. The molecule has 0 unspecified atom stereocenters. The fourth-order valence-electron chi connectivity index (χ4n) is 2.29. The van der Waals surface area contributed by atoms with Crippen molar-refractivity contribution in [2.75, 3.05) is 27.2 Å². The number of hydrogen-bond donors (Lipinski definition) is 1. The number of carbonyl (C=O) groups excluding carboxylic acids is 1. The van der Waals surface area contributed by atoms with Crippen molar-refractivity contribution in [3.8, 4) is 0 Å². The van der Waals surface area contributed by atoms with Crippen molar-refractivity contribution in [2.45, 2.75) is 19.4 Å². The van der Waals surface area contributed by atoms with Crippen LogP contribution in [0.1, 0.15) is 17.7 Å². The predicted molar refractivity (Wildman–Crippen MR) is 87.3 cm³/mol. The second kappa shape index (κ2) is 8.43. The average molecular weight is 318 g/mol. The SMILES string of the molecule is CN(C)CCN(Cc1cnc[nH]1)C(=O)CCc1cccc(F)c1. The van der Waals surface area contributed by atoms with Crippen molar-refractivity contribution in [1.82, 2.24) is 19.8 Å². The van der Waals surface area contributed by atoms with E-state index < -0.39 is 0 Å². The number of likely N-dealkylation sites (N-methyl/N-ethyl adjacent to an activating group) is 1. The zero-order valence-electron chi connectivity index (χ0n) is 13.6. The van der Waals surface area contributed by atoms with Crippen molar-refractivity contribution in [2.24, 2.45) is 0 Å². The Balaban J connectivity index is 1.94. The number of benzene rings is 1. The fraction of sp³-hybridized carbons (Fsp3) is 0.412. The van der Waals surface area contributed by atoms with Gasteiger partial charge in [-0.1, -0.05) is 12.1 Å². The Morgan fingerprint density at radius 1 is 1.30 bits per heavy atom. The standard InChI is InChI=1S/C17H23FN4O/c1-21(2)8-9-22(12-16-11-19-13-20-16)17(23)7-6-14-4-3-5-15(18)10-14/h3-5,10-11,13H,6-9,12H2,1-2H3,(H,19,20). The van der Waals surface area contributed by atoms with E-state index in [-0.39, 0.29) is 11.7 Å². The number of nitrogens with zero attached hydrogens (tertiary/aromatic N) is 3. The summed E-state index contributed by atoms with van der Waals surface area (Å²) in [6, 6.07) is 6.40. The van der Waals surface area contributed by atoms with Gasteiger partial charge in [-0.3, -0.25) is 4.79 Å². The lowest BCUT2D eigenvalue weighted by atomic mass is 10.1. The van der Waals surface area contributed by atoms with Gasteiger partial charge in [0.25, 0.3) is 0 Å². The van der Waals surface area contributed by atoms with Gasteiger partial charge in [-0.05, 0) is 38.2 Å². The molecule has 5 nitrogen and oxygen atoms in total. The molecular formula is C17H23FN4O. The van der Waals surface area contributed by atoms with E-state index in [4.69, 9.17) is 0 Å². The van der Waals surface area contributed by atoms with E-state index in [1.54, 1.807) is 18.6 Å². The molecule has 0 radical (unpaired) electrons. The van der Waals surface area contributed by atoms with Gasteiger partial charge in [-0.2, -0.15) is 0 Å². The predicted octanol–water partition coefficient (Wildman–Crippen LogP) is 2.07. The van der Waals surface area contributed by atoms with Crippen molar-refractivity contribution in [3.63, 3.8) is 0 Å². The number of aryl methyl sites for hydroxylation is 1. The molecule has 0 aliphatic rings. The summed E-state index contributed by atoms with van der Waals surface area (Å²) >= 11 is 0. The molecule has 0 atom stereocenters. The Kier molecular flexibility index (Phi) is 6.29. The summed E-state index contributed by atoms with van der Waals surface area (Å²) in [6.45, 7) is 1.95. The summed E-state index contributed by atoms with van der Waals surface area (Å²) in [5.74, 6) is -0.206. The zero-order valence-corrected chi connectivity index (χ0v) is 13.6. The van der Waals surface area contributed by atoms with Crippen LogP contribution in [0.5, 0.6) is 0 Å². The lowest BCUT2D eigenvalue weighted by molar-refractivity contribution is -0.132. The maximum atomic E-state index is 13.2. The highest BCUT2D eigenvalue weighted by Gasteiger charge is 2.15. The van der Waals surface area contributed by atoms with Crippen LogP contribution in [0.3, 0.4) is 0 Å². The highest BCUT2D eigenvalue weighted by Crippen LogP contribution is 2.09. The van der Waals surface area contributed by atoms with E-state index in [9.17, 15) is 9.18 Å². The number of H-pyrrole nitrogens is 1. The Hall–Kier alpha value is -2.21. The van der Waals surface area contributed by atoms with Gasteiger partial charge in [0, 0.05) is 25.7 Å². The summed E-state index contributed by atoms with van der Waals surface area (Å²) < 4.78 is 13.2. The number of rotatable bonds is 8. The molecule has 0 spiro atoms. The summed E-state index contributed by atoms with van der Waals surface area (Å²) in [5, 5.41) is 0. The first-order valence-corrected chi connectivity index (χ1v) is 7.69. The van der Waals surface area contributed by atoms with E-state index in [1.807, 2.05) is 30.0 Å². The molecule has 2 rings (SSSR count). The summed E-state index contributed by atoms with van der Waals surface area (Å²) in [7, 11) is 3.96. The van der Waals surface area contributed by atoms with E-state index in [0.717, 1.165) is 17.8 Å². The van der Waals surface area contributed by atoms with E-state index in [2.05, 4.69) is 9.97 Å². The van der Waals surface area contributed by atoms with Crippen LogP contribution in [0.25, 0.3) is 0 Å². The Morgan fingerprint density at radius 3 is 2.78 bits per heavy atom. The van der Waals surface area contributed by atoms with Gasteiger partial charge in [-0.25, -0.2) is 9.37 Å². The number of nitrogens with one attached hydrogen (secondary N) is 1. The third kappa shape index (κ3) is 5.83. The van der Waals surface area contributed by atoms with E-state index >= 15 is 0 Å². The molecule has 1 aromatic heterocycles. The second-order valence-corrected chi connectivity index (χ2v) is 5.83. The van der Waals surface area contributed by atoms with Crippen LogP contribution in [0.4, 0.5) is 4.39 Å². The first-order chi connectivity index (χ1) is 11.0. The Labute approximate surface area is 136 Å². The third-order valence-electron chi connectivity index (χ3n) is 3.60. The molecule has 0 saturated heterocycles. The number of carbonyl (C=O) groups is 1. The Morgan fingerprint density at radius 2 is 2.13 bits per heavy atom. The molecule has 1 aromatic carbocycles. The van der Waals surface area contributed by atoms with Crippen LogP contribution in [-0.4, -0.2) is 52.9 Å². The van der Waals surface area contributed by atoms with Crippen molar-refractivity contribution < 1.29 is 9.18 Å². The quantitative estimate of drug-likeness (QED) is 0.811. The summed E-state index contributed by atoms with van der Waals surface area (Å²) in [4.78, 5) is 23.4. The smallest absolute Gasteiger partial charge is 0.223 e. The minimum absolute atomic E-state index is 0.0608. The maximum absolute atomic E-state index is 13.2. The molecule has 6 heteroatoms. The van der Waals surface area contributed by atoms with Crippen LogP contribution in [0.15, 0.2) is 36.8 Å². The molecule has 23 heavy (non-hydrogen) atoms. The normalized spacial score (nSPS) is 11.0. The van der Waals surface area contributed by atoms with Crippen LogP contribution in [0, 0.1) is 5.82 Å². The molecule has 1 heterocycles. The lowest BCUT2D eigenvalue weighted by Gasteiger charge is -2.24. The van der Waals surface area contributed by atoms with Crippen LogP contribution in [0.2, 0.25) is 0 Å². The summed E-state index contributed by atoms with van der Waals surface area (Å²) in [6.07, 6.45) is 4.24. The molecule has 0 aliphatic carbocycles. The molecule has 0 bridgehead atoms. The highest BCUT2D eigenvalue weighted by molar-refractivity contribution is 5.76. The zero-order chi connectivity index (χ0) is 16.7. The van der Waals surface area contributed by atoms with Crippen LogP contribution < -0.4 is 0 Å². The van der Waals surface area contributed by atoms with Gasteiger partial charge in [0.15, 0.2) is 0 Å². The highest BCUT2D eigenvalue weighted by atomic mass is 19.1. The average Bonchev–Trinajstić information content (AvgIpc) is 3.02. The van der Waals surface area contributed by atoms with Crippen LogP contribution >= 0.6 is 0 Å². The number of imidazole rings is 1. The van der Waals surface area contributed by atoms with E-state index in [1.165, 1.54) is 12.1 Å². The van der Waals surface area contributed by atoms with Crippen molar-refractivity contribution in [1.29, 1.82) is 0 Å². The molecular weight excluding hydrogens is 295 g/mol. The molecule has 1 N–H and O–H groups in total.